The quantitative estimate of drug-likeness (QED) is 0.666. The van der Waals surface area contributed by atoms with E-state index in [0.717, 1.165) is 25.7 Å². The maximum atomic E-state index is 12.1. The molecule has 1 unspecified atom stereocenters. The first-order chi connectivity index (χ1) is 8.68. The molecule has 102 valence electrons. The zero-order valence-corrected chi connectivity index (χ0v) is 10.5. The second-order valence-electron chi connectivity index (χ2n) is 5.04. The summed E-state index contributed by atoms with van der Waals surface area (Å²) in [7, 11) is 0. The van der Waals surface area contributed by atoms with Crippen LogP contribution in [0.1, 0.15) is 32.1 Å². The average molecular weight is 255 g/mol. The molecule has 1 atom stereocenters. The minimum atomic E-state index is -0.944. The van der Waals surface area contributed by atoms with Gasteiger partial charge in [0.15, 0.2) is 0 Å². The van der Waals surface area contributed by atoms with Gasteiger partial charge < -0.3 is 20.6 Å². The summed E-state index contributed by atoms with van der Waals surface area (Å²) < 4.78 is 0. The van der Waals surface area contributed by atoms with Gasteiger partial charge in [-0.25, -0.2) is 9.59 Å². The Bertz CT molecular complexity index is 316. The van der Waals surface area contributed by atoms with E-state index < -0.39 is 12.0 Å². The molecule has 2 rings (SSSR count). The third-order valence-electron chi connectivity index (χ3n) is 3.72. The lowest BCUT2D eigenvalue weighted by Gasteiger charge is -2.35. The Hall–Kier alpha value is -1.30. The van der Waals surface area contributed by atoms with Crippen LogP contribution in [-0.4, -0.2) is 53.7 Å². The van der Waals surface area contributed by atoms with Crippen LogP contribution in [0.3, 0.4) is 0 Å². The van der Waals surface area contributed by atoms with Gasteiger partial charge in [0, 0.05) is 25.7 Å². The molecule has 1 heterocycles. The summed E-state index contributed by atoms with van der Waals surface area (Å²) in [5.41, 5.74) is 0. The summed E-state index contributed by atoms with van der Waals surface area (Å²) in [5.74, 6) is -0.944. The lowest BCUT2D eigenvalue weighted by molar-refractivity contribution is -0.142. The average Bonchev–Trinajstić information content (AvgIpc) is 2.40. The maximum absolute atomic E-state index is 12.1. The van der Waals surface area contributed by atoms with Gasteiger partial charge in [-0.05, 0) is 12.8 Å². The fourth-order valence-corrected chi connectivity index (χ4v) is 2.67. The number of aliphatic carboxylic acids is 1. The third-order valence-corrected chi connectivity index (χ3v) is 3.72. The fraction of sp³-hybridized carbons (Fsp3) is 0.833. The molecule has 0 aromatic rings. The van der Waals surface area contributed by atoms with Gasteiger partial charge >= 0.3 is 12.0 Å². The molecule has 0 spiro atoms. The first kappa shape index (κ1) is 13.1. The first-order valence-corrected chi connectivity index (χ1v) is 6.69. The summed E-state index contributed by atoms with van der Waals surface area (Å²) in [5, 5.41) is 15.1. The van der Waals surface area contributed by atoms with E-state index in [0.29, 0.717) is 19.6 Å². The summed E-state index contributed by atoms with van der Waals surface area (Å²) >= 11 is 0. The van der Waals surface area contributed by atoms with Crippen molar-refractivity contribution in [3.05, 3.63) is 0 Å². The Balaban J connectivity index is 1.91. The summed E-state index contributed by atoms with van der Waals surface area (Å²) in [4.78, 5) is 24.6. The SMILES string of the molecule is O=C(O)C1CNCCN1C(=O)NC1CCCCC1. The van der Waals surface area contributed by atoms with Crippen LogP contribution in [0, 0.1) is 0 Å². The number of hydrogen-bond donors (Lipinski definition) is 3. The van der Waals surface area contributed by atoms with Crippen molar-refractivity contribution in [1.29, 1.82) is 0 Å². The van der Waals surface area contributed by atoms with E-state index in [4.69, 9.17) is 5.11 Å². The van der Waals surface area contributed by atoms with Crippen molar-refractivity contribution in [1.82, 2.24) is 15.5 Å². The molecule has 1 aliphatic heterocycles. The highest BCUT2D eigenvalue weighted by Crippen LogP contribution is 2.18. The van der Waals surface area contributed by atoms with Gasteiger partial charge in [-0.2, -0.15) is 0 Å². The van der Waals surface area contributed by atoms with Crippen molar-refractivity contribution in [2.24, 2.45) is 0 Å². The smallest absolute Gasteiger partial charge is 0.327 e. The van der Waals surface area contributed by atoms with Crippen molar-refractivity contribution in [3.63, 3.8) is 0 Å². The van der Waals surface area contributed by atoms with Gasteiger partial charge in [0.1, 0.15) is 6.04 Å². The minimum absolute atomic E-state index is 0.218. The summed E-state index contributed by atoms with van der Waals surface area (Å²) in [6.45, 7) is 1.44. The number of carboxylic acid groups (broad SMARTS) is 1. The number of amides is 2. The highest BCUT2D eigenvalue weighted by Gasteiger charge is 2.32. The van der Waals surface area contributed by atoms with Crippen LogP contribution in [-0.2, 0) is 4.79 Å². The molecule has 6 heteroatoms. The Kier molecular flexibility index (Phi) is 4.41. The molecule has 1 aliphatic carbocycles. The molecular formula is C12H21N3O3. The number of carbonyl (C=O) groups excluding carboxylic acids is 1. The molecule has 18 heavy (non-hydrogen) atoms. The van der Waals surface area contributed by atoms with Gasteiger partial charge in [0.2, 0.25) is 0 Å². The van der Waals surface area contributed by atoms with Crippen molar-refractivity contribution in [3.8, 4) is 0 Å². The number of urea groups is 1. The number of rotatable bonds is 2. The number of piperazine rings is 1. The fourth-order valence-electron chi connectivity index (χ4n) is 2.67. The Morgan fingerprint density at radius 3 is 2.61 bits per heavy atom. The van der Waals surface area contributed by atoms with Crippen molar-refractivity contribution >= 4 is 12.0 Å². The van der Waals surface area contributed by atoms with E-state index in [1.807, 2.05) is 0 Å². The monoisotopic (exact) mass is 255 g/mol. The maximum Gasteiger partial charge on any atom is 0.327 e. The number of carbonyl (C=O) groups is 2. The largest absolute Gasteiger partial charge is 0.480 e. The van der Waals surface area contributed by atoms with Gasteiger partial charge in [0.05, 0.1) is 0 Å². The van der Waals surface area contributed by atoms with Crippen LogP contribution in [0.5, 0.6) is 0 Å². The zero-order chi connectivity index (χ0) is 13.0. The van der Waals surface area contributed by atoms with Gasteiger partial charge in [-0.1, -0.05) is 19.3 Å². The number of nitrogens with one attached hydrogen (secondary N) is 2. The number of hydrogen-bond acceptors (Lipinski definition) is 3. The molecule has 3 N–H and O–H groups in total. The van der Waals surface area contributed by atoms with Crippen molar-refractivity contribution in [2.75, 3.05) is 19.6 Å². The van der Waals surface area contributed by atoms with Crippen molar-refractivity contribution < 1.29 is 14.7 Å². The van der Waals surface area contributed by atoms with Gasteiger partial charge in [-0.15, -0.1) is 0 Å². The van der Waals surface area contributed by atoms with E-state index in [9.17, 15) is 9.59 Å². The molecule has 1 saturated heterocycles. The molecular weight excluding hydrogens is 234 g/mol. The Labute approximate surface area is 107 Å². The van der Waals surface area contributed by atoms with Crippen LogP contribution in [0.25, 0.3) is 0 Å². The standard InChI is InChI=1S/C12H21N3O3/c16-11(17)10-8-13-6-7-15(10)12(18)14-9-4-2-1-3-5-9/h9-10,13H,1-8H2,(H,14,18)(H,16,17). The third kappa shape index (κ3) is 3.13. The molecule has 6 nitrogen and oxygen atoms in total. The van der Waals surface area contributed by atoms with Crippen LogP contribution in [0.2, 0.25) is 0 Å². The molecule has 1 saturated carbocycles. The predicted molar refractivity (Wildman–Crippen MR) is 66.4 cm³/mol. The molecule has 0 radical (unpaired) electrons. The molecule has 2 fully saturated rings. The minimum Gasteiger partial charge on any atom is -0.480 e. The molecule has 0 aromatic carbocycles. The molecule has 2 amide bonds. The van der Waals surface area contributed by atoms with E-state index in [-0.39, 0.29) is 12.1 Å². The highest BCUT2D eigenvalue weighted by atomic mass is 16.4. The van der Waals surface area contributed by atoms with E-state index in [1.165, 1.54) is 11.3 Å². The van der Waals surface area contributed by atoms with Crippen molar-refractivity contribution in [2.45, 2.75) is 44.2 Å². The summed E-state index contributed by atoms with van der Waals surface area (Å²) in [6, 6.07) is -0.756. The van der Waals surface area contributed by atoms with E-state index in [1.54, 1.807) is 0 Å². The predicted octanol–water partition coefficient (Wildman–Crippen LogP) is 0.387. The van der Waals surface area contributed by atoms with Gasteiger partial charge in [-0.3, -0.25) is 0 Å². The lowest BCUT2D eigenvalue weighted by atomic mass is 9.96. The second-order valence-corrected chi connectivity index (χ2v) is 5.04. The topological polar surface area (TPSA) is 81.7 Å². The number of nitrogens with zero attached hydrogens (tertiary/aromatic N) is 1. The zero-order valence-electron chi connectivity index (χ0n) is 10.5. The molecule has 0 aromatic heterocycles. The molecule has 0 bridgehead atoms. The highest BCUT2D eigenvalue weighted by molar-refractivity contribution is 5.83. The van der Waals surface area contributed by atoms with Crippen LogP contribution in [0.4, 0.5) is 4.79 Å². The Morgan fingerprint density at radius 1 is 1.22 bits per heavy atom. The Morgan fingerprint density at radius 2 is 1.94 bits per heavy atom. The second kappa shape index (κ2) is 6.04. The molecule has 2 aliphatic rings. The van der Waals surface area contributed by atoms with Crippen LogP contribution >= 0.6 is 0 Å². The number of carboxylic acids is 1. The normalized spacial score (nSPS) is 25.8. The van der Waals surface area contributed by atoms with Crippen LogP contribution < -0.4 is 10.6 Å². The van der Waals surface area contributed by atoms with Crippen LogP contribution in [0.15, 0.2) is 0 Å². The van der Waals surface area contributed by atoms with E-state index in [2.05, 4.69) is 10.6 Å². The first-order valence-electron chi connectivity index (χ1n) is 6.69. The van der Waals surface area contributed by atoms with Gasteiger partial charge in [0.25, 0.3) is 0 Å². The lowest BCUT2D eigenvalue weighted by Crippen LogP contribution is -2.60. The summed E-state index contributed by atoms with van der Waals surface area (Å²) in [6.07, 6.45) is 5.55. The van der Waals surface area contributed by atoms with E-state index >= 15 is 0 Å².